The average Bonchev–Trinajstić information content (AvgIpc) is 3.31. The molecule has 4 rings (SSSR count). The lowest BCUT2D eigenvalue weighted by molar-refractivity contribution is -0.152. The van der Waals surface area contributed by atoms with Crippen LogP contribution in [0.15, 0.2) is 18.3 Å². The zero-order valence-electron chi connectivity index (χ0n) is 23.3. The van der Waals surface area contributed by atoms with Crippen molar-refractivity contribution in [1.29, 1.82) is 0 Å². The highest BCUT2D eigenvalue weighted by molar-refractivity contribution is 6.40. The van der Waals surface area contributed by atoms with Crippen molar-refractivity contribution in [3.63, 3.8) is 0 Å². The summed E-state index contributed by atoms with van der Waals surface area (Å²) < 4.78 is 44.4. The molecule has 0 unspecified atom stereocenters. The number of nitrogens with zero attached hydrogens (tertiary/aromatic N) is 3. The number of alkyl halides is 3. The molecule has 41 heavy (non-hydrogen) atoms. The van der Waals surface area contributed by atoms with Gasteiger partial charge in [-0.15, -0.1) is 0 Å². The van der Waals surface area contributed by atoms with Crippen LogP contribution in [0.3, 0.4) is 0 Å². The van der Waals surface area contributed by atoms with Gasteiger partial charge in [0.15, 0.2) is 11.5 Å². The van der Waals surface area contributed by atoms with E-state index in [1.165, 1.54) is 4.90 Å². The molecule has 2 fully saturated rings. The number of carbonyl (C=O) groups excluding carboxylic acids is 2. The van der Waals surface area contributed by atoms with E-state index in [-0.39, 0.29) is 53.3 Å². The van der Waals surface area contributed by atoms with Crippen LogP contribution in [0.4, 0.5) is 13.2 Å². The van der Waals surface area contributed by atoms with Crippen molar-refractivity contribution in [2.24, 2.45) is 10.8 Å². The molecule has 1 N–H and O–H groups in total. The third-order valence-electron chi connectivity index (χ3n) is 8.99. The maximum Gasteiger partial charge on any atom is 0.433 e. The Kier molecular flexibility index (Phi) is 8.86. The quantitative estimate of drug-likeness (QED) is 0.293. The van der Waals surface area contributed by atoms with Crippen LogP contribution in [0, 0.1) is 17.8 Å². The van der Waals surface area contributed by atoms with E-state index >= 15 is 0 Å². The van der Waals surface area contributed by atoms with E-state index in [1.807, 2.05) is 6.92 Å². The number of hydrogen-bond acceptors (Lipinski definition) is 4. The Labute approximate surface area is 247 Å². The van der Waals surface area contributed by atoms with E-state index in [9.17, 15) is 32.7 Å². The first-order valence-corrected chi connectivity index (χ1v) is 14.5. The number of benzene rings is 1. The molecule has 1 aromatic carbocycles. The molecule has 2 saturated carbocycles. The molecular weight excluding hydrogens is 582 g/mol. The van der Waals surface area contributed by atoms with Gasteiger partial charge in [-0.2, -0.15) is 18.3 Å². The van der Waals surface area contributed by atoms with Gasteiger partial charge in [0.2, 0.25) is 0 Å². The fraction of sp³-hybridized carbons (Fsp3) is 0.586. The van der Waals surface area contributed by atoms with Crippen molar-refractivity contribution in [2.45, 2.75) is 84.4 Å². The first-order valence-electron chi connectivity index (χ1n) is 13.8. The van der Waals surface area contributed by atoms with Gasteiger partial charge in [0.25, 0.3) is 5.91 Å². The molecule has 0 spiro atoms. The SMILES string of the molecule is CCC1(CN(CC(=O)c2c(Cl)cc(C)cc2Cl)C(=O)c2cnn(C3CCC(C)(C(=O)O)CC3)c2C(F)(F)F)CCC1. The van der Waals surface area contributed by atoms with E-state index in [1.54, 1.807) is 26.0 Å². The van der Waals surface area contributed by atoms with Crippen LogP contribution >= 0.6 is 23.2 Å². The maximum absolute atomic E-state index is 14.5. The molecule has 0 radical (unpaired) electrons. The van der Waals surface area contributed by atoms with Gasteiger partial charge in [0.1, 0.15) is 0 Å². The number of aryl methyl sites for hydroxylation is 1. The summed E-state index contributed by atoms with van der Waals surface area (Å²) in [4.78, 5) is 40.1. The zero-order valence-corrected chi connectivity index (χ0v) is 24.8. The highest BCUT2D eigenvalue weighted by Crippen LogP contribution is 2.46. The number of hydrogen-bond donors (Lipinski definition) is 1. The normalized spacial score (nSPS) is 22.2. The fourth-order valence-corrected chi connectivity index (χ4v) is 6.88. The molecule has 0 bridgehead atoms. The number of amides is 1. The second kappa shape index (κ2) is 11.6. The Morgan fingerprint density at radius 2 is 1.71 bits per heavy atom. The number of halogens is 5. The molecule has 1 heterocycles. The van der Waals surface area contributed by atoms with Crippen molar-refractivity contribution in [3.8, 4) is 0 Å². The highest BCUT2D eigenvalue weighted by Gasteiger charge is 2.46. The summed E-state index contributed by atoms with van der Waals surface area (Å²) in [5, 5.41) is 13.7. The Bertz CT molecular complexity index is 1320. The molecule has 2 aliphatic carbocycles. The van der Waals surface area contributed by atoms with Gasteiger partial charge in [-0.25, -0.2) is 0 Å². The Balaban J connectivity index is 1.69. The number of ketones is 1. The number of rotatable bonds is 9. The molecular formula is C29H34Cl2F3N3O4. The third kappa shape index (κ3) is 6.28. The van der Waals surface area contributed by atoms with E-state index in [4.69, 9.17) is 23.2 Å². The summed E-state index contributed by atoms with van der Waals surface area (Å²) in [7, 11) is 0. The number of carbonyl (C=O) groups is 3. The minimum absolute atomic E-state index is 0.0197. The van der Waals surface area contributed by atoms with E-state index in [2.05, 4.69) is 5.10 Å². The molecule has 7 nitrogen and oxygen atoms in total. The standard InChI is InChI=1S/C29H34Cl2F3N3O4/c1-4-28(8-5-9-28)16-36(15-22(38)23-20(30)12-17(2)13-21(23)31)25(39)19-14-35-37(24(19)29(32,33)34)18-6-10-27(3,11-7-18)26(40)41/h12-14,18H,4-11,15-16H2,1-3H3,(H,40,41). The van der Waals surface area contributed by atoms with Gasteiger partial charge in [-0.1, -0.05) is 36.5 Å². The van der Waals surface area contributed by atoms with Crippen LogP contribution in [-0.4, -0.2) is 50.5 Å². The van der Waals surface area contributed by atoms with Gasteiger partial charge in [-0.05, 0) is 81.9 Å². The van der Waals surface area contributed by atoms with Crippen LogP contribution < -0.4 is 0 Å². The molecule has 224 valence electrons. The third-order valence-corrected chi connectivity index (χ3v) is 9.59. The number of Topliss-reactive ketones (excluding diaryl/α,β-unsaturated/α-hetero) is 1. The molecule has 0 atom stereocenters. The van der Waals surface area contributed by atoms with Gasteiger partial charge in [0, 0.05) is 6.54 Å². The number of carboxylic acid groups (broad SMARTS) is 1. The Hall–Kier alpha value is -2.59. The first kappa shape index (κ1) is 31.3. The number of carboxylic acids is 1. The number of aromatic nitrogens is 2. The van der Waals surface area contributed by atoms with Crippen molar-refractivity contribution < 1.29 is 32.7 Å². The van der Waals surface area contributed by atoms with E-state index in [0.29, 0.717) is 6.42 Å². The monoisotopic (exact) mass is 615 g/mol. The minimum Gasteiger partial charge on any atom is -0.481 e. The van der Waals surface area contributed by atoms with Crippen molar-refractivity contribution in [3.05, 3.63) is 50.8 Å². The van der Waals surface area contributed by atoms with Gasteiger partial charge < -0.3 is 10.0 Å². The van der Waals surface area contributed by atoms with Crippen molar-refractivity contribution in [1.82, 2.24) is 14.7 Å². The molecule has 0 aliphatic heterocycles. The van der Waals surface area contributed by atoms with E-state index in [0.717, 1.165) is 35.7 Å². The fourth-order valence-electron chi connectivity index (χ4n) is 6.07. The summed E-state index contributed by atoms with van der Waals surface area (Å²) >= 11 is 12.6. The van der Waals surface area contributed by atoms with Crippen molar-refractivity contribution in [2.75, 3.05) is 13.1 Å². The lowest BCUT2D eigenvalue weighted by Gasteiger charge is -2.44. The summed E-state index contributed by atoms with van der Waals surface area (Å²) in [5.74, 6) is -2.50. The highest BCUT2D eigenvalue weighted by atomic mass is 35.5. The van der Waals surface area contributed by atoms with Crippen LogP contribution in [0.1, 0.15) is 103 Å². The van der Waals surface area contributed by atoms with Crippen LogP contribution in [0.25, 0.3) is 0 Å². The second-order valence-corrected chi connectivity index (χ2v) is 12.7. The molecule has 2 aliphatic rings. The first-order chi connectivity index (χ1) is 19.1. The summed E-state index contributed by atoms with van der Waals surface area (Å²) in [6.45, 7) is 4.92. The second-order valence-electron chi connectivity index (χ2n) is 11.8. The summed E-state index contributed by atoms with van der Waals surface area (Å²) in [6.07, 6.45) is -0.0521. The van der Waals surface area contributed by atoms with Crippen LogP contribution in [0.5, 0.6) is 0 Å². The lowest BCUT2D eigenvalue weighted by atomic mass is 9.66. The topological polar surface area (TPSA) is 92.5 Å². The van der Waals surface area contributed by atoms with Crippen LogP contribution in [-0.2, 0) is 11.0 Å². The molecule has 1 amide bonds. The maximum atomic E-state index is 14.5. The van der Waals surface area contributed by atoms with E-state index < -0.39 is 53.1 Å². The predicted octanol–water partition coefficient (Wildman–Crippen LogP) is 7.63. The minimum atomic E-state index is -4.91. The summed E-state index contributed by atoms with van der Waals surface area (Å²) in [5.41, 5.74) is -2.38. The molecule has 0 saturated heterocycles. The van der Waals surface area contributed by atoms with Crippen LogP contribution in [0.2, 0.25) is 10.0 Å². The van der Waals surface area contributed by atoms with Gasteiger partial charge in [0.05, 0.1) is 45.4 Å². The van der Waals surface area contributed by atoms with Gasteiger partial charge >= 0.3 is 12.1 Å². The van der Waals surface area contributed by atoms with Crippen molar-refractivity contribution >= 4 is 40.9 Å². The molecule has 1 aromatic heterocycles. The Morgan fingerprint density at radius 1 is 1.12 bits per heavy atom. The number of aliphatic carboxylic acids is 1. The lowest BCUT2D eigenvalue weighted by Crippen LogP contribution is -2.47. The zero-order chi connectivity index (χ0) is 30.3. The van der Waals surface area contributed by atoms with Gasteiger partial charge in [-0.3, -0.25) is 19.1 Å². The molecule has 12 heteroatoms. The Morgan fingerprint density at radius 3 is 2.17 bits per heavy atom. The molecule has 2 aromatic rings. The predicted molar refractivity (Wildman–Crippen MR) is 148 cm³/mol. The smallest absolute Gasteiger partial charge is 0.433 e. The largest absolute Gasteiger partial charge is 0.481 e. The average molecular weight is 617 g/mol. The summed E-state index contributed by atoms with van der Waals surface area (Å²) in [6, 6.07) is 2.42.